The van der Waals surface area contributed by atoms with E-state index in [9.17, 15) is 4.79 Å². The first-order chi connectivity index (χ1) is 19.6. The van der Waals surface area contributed by atoms with Crippen molar-refractivity contribution >= 4 is 34.4 Å². The van der Waals surface area contributed by atoms with E-state index in [1.165, 1.54) is 12.0 Å². The lowest BCUT2D eigenvalue weighted by Crippen LogP contribution is -2.24. The lowest BCUT2D eigenvalue weighted by atomic mass is 9.88. The van der Waals surface area contributed by atoms with Crippen LogP contribution in [0.3, 0.4) is 0 Å². The molecule has 2 fully saturated rings. The van der Waals surface area contributed by atoms with Crippen LogP contribution in [0.2, 0.25) is 0 Å². The number of hydrogen-bond donors (Lipinski definition) is 2. The predicted molar refractivity (Wildman–Crippen MR) is 161 cm³/mol. The highest BCUT2D eigenvalue weighted by molar-refractivity contribution is 8.00. The molecule has 208 valence electrons. The molecular weight excluding hydrogens is 520 g/mol. The summed E-state index contributed by atoms with van der Waals surface area (Å²) in [5.41, 5.74) is 4.01. The van der Waals surface area contributed by atoms with Crippen molar-refractivity contribution in [1.29, 1.82) is 0 Å². The zero-order valence-corrected chi connectivity index (χ0v) is 23.7. The average Bonchev–Trinajstić information content (AvgIpc) is 3.61. The van der Waals surface area contributed by atoms with Crippen LogP contribution in [0.4, 0.5) is 5.69 Å². The van der Waals surface area contributed by atoms with E-state index in [0.29, 0.717) is 17.6 Å². The maximum Gasteiger partial charge on any atom is 0.227 e. The van der Waals surface area contributed by atoms with Crippen molar-refractivity contribution < 1.29 is 14.3 Å². The van der Waals surface area contributed by atoms with Gasteiger partial charge in [-0.2, -0.15) is 0 Å². The van der Waals surface area contributed by atoms with Crippen molar-refractivity contribution in [2.24, 2.45) is 13.0 Å². The molecule has 1 aliphatic carbocycles. The largest absolute Gasteiger partial charge is 0.486 e. The highest BCUT2D eigenvalue weighted by Gasteiger charge is 2.21. The number of nitrogens with one attached hydrogen (secondary N) is 2. The normalized spacial score (nSPS) is 17.7. The molecule has 4 aromatic rings. The van der Waals surface area contributed by atoms with E-state index in [4.69, 9.17) is 14.5 Å². The van der Waals surface area contributed by atoms with Gasteiger partial charge in [0.15, 0.2) is 0 Å². The smallest absolute Gasteiger partial charge is 0.227 e. The molecule has 1 amide bonds. The Morgan fingerprint density at radius 1 is 1.00 bits per heavy atom. The van der Waals surface area contributed by atoms with Gasteiger partial charge in [0.05, 0.1) is 11.0 Å². The van der Waals surface area contributed by atoms with Crippen LogP contribution in [0, 0.1) is 5.92 Å². The van der Waals surface area contributed by atoms with E-state index in [-0.39, 0.29) is 11.8 Å². The third kappa shape index (κ3) is 6.45. The SMILES string of the molecule is Cn1c(COc2ccc(CC3CNCS3)cc2)nc2ccc(Oc3ccc(NC(=O)C4CCCCC4)cc3)cc21. The highest BCUT2D eigenvalue weighted by Crippen LogP contribution is 2.29. The summed E-state index contributed by atoms with van der Waals surface area (Å²) in [4.78, 5) is 17.3. The molecule has 8 heteroatoms. The van der Waals surface area contributed by atoms with Crippen LogP contribution in [0.5, 0.6) is 17.2 Å². The number of aromatic nitrogens is 2. The number of carbonyl (C=O) groups excluding carboxylic acids is 1. The molecule has 1 aromatic heterocycles. The van der Waals surface area contributed by atoms with E-state index >= 15 is 0 Å². The number of carbonyl (C=O) groups is 1. The molecule has 3 aromatic carbocycles. The molecular formula is C32H36N4O3S. The summed E-state index contributed by atoms with van der Waals surface area (Å²) in [5.74, 6) is 4.45. The summed E-state index contributed by atoms with van der Waals surface area (Å²) in [5, 5.41) is 7.11. The molecule has 2 heterocycles. The molecule has 0 radical (unpaired) electrons. The summed E-state index contributed by atoms with van der Waals surface area (Å²) in [6, 6.07) is 21.9. The number of imidazole rings is 1. The highest BCUT2D eigenvalue weighted by atomic mass is 32.2. The number of nitrogens with zero attached hydrogens (tertiary/aromatic N) is 2. The van der Waals surface area contributed by atoms with Gasteiger partial charge in [-0.25, -0.2) is 4.98 Å². The van der Waals surface area contributed by atoms with Gasteiger partial charge in [0.25, 0.3) is 0 Å². The van der Waals surface area contributed by atoms with Gasteiger partial charge in [-0.3, -0.25) is 4.79 Å². The van der Waals surface area contributed by atoms with E-state index in [0.717, 1.165) is 78.6 Å². The van der Waals surface area contributed by atoms with Gasteiger partial charge in [0.1, 0.15) is 29.7 Å². The number of aryl methyl sites for hydroxylation is 1. The molecule has 2 aliphatic rings. The maximum atomic E-state index is 12.5. The van der Waals surface area contributed by atoms with Crippen LogP contribution in [0.15, 0.2) is 66.7 Å². The Labute approximate surface area is 239 Å². The molecule has 1 saturated carbocycles. The lowest BCUT2D eigenvalue weighted by molar-refractivity contribution is -0.120. The zero-order valence-electron chi connectivity index (χ0n) is 22.9. The number of ether oxygens (including phenoxy) is 2. The number of thioether (sulfide) groups is 1. The van der Waals surface area contributed by atoms with Gasteiger partial charge in [0, 0.05) is 42.4 Å². The van der Waals surface area contributed by atoms with Gasteiger partial charge in [-0.15, -0.1) is 11.8 Å². The standard InChI is InChI=1S/C32H36N4O3S/c1-36-30-18-27(39-26-13-9-24(10-14-26)34-32(37)23-5-3-2-4-6-23)15-16-29(30)35-31(36)20-38-25-11-7-22(8-12-25)17-28-19-33-21-40-28/h7-16,18,23,28,33H,2-6,17,19-21H2,1H3,(H,34,37). The predicted octanol–water partition coefficient (Wildman–Crippen LogP) is 6.67. The molecule has 1 saturated heterocycles. The van der Waals surface area contributed by atoms with Crippen LogP contribution < -0.4 is 20.1 Å². The number of amides is 1. The molecule has 0 bridgehead atoms. The Morgan fingerprint density at radius 3 is 2.50 bits per heavy atom. The third-order valence-corrected chi connectivity index (χ3v) is 9.00. The summed E-state index contributed by atoms with van der Waals surface area (Å²) < 4.78 is 14.2. The van der Waals surface area contributed by atoms with E-state index in [2.05, 4.69) is 22.8 Å². The Kier molecular flexibility index (Phi) is 8.25. The minimum Gasteiger partial charge on any atom is -0.486 e. The first-order valence-electron chi connectivity index (χ1n) is 14.2. The Bertz CT molecular complexity index is 1440. The fraction of sp³-hybridized carbons (Fsp3) is 0.375. The molecule has 0 spiro atoms. The molecule has 2 N–H and O–H groups in total. The first kappa shape index (κ1) is 26.7. The van der Waals surface area contributed by atoms with Gasteiger partial charge in [0.2, 0.25) is 5.91 Å². The maximum absolute atomic E-state index is 12.5. The average molecular weight is 557 g/mol. The molecule has 6 rings (SSSR count). The number of fused-ring (bicyclic) bond motifs is 1. The Balaban J connectivity index is 1.05. The molecule has 1 aliphatic heterocycles. The quantitative estimate of drug-likeness (QED) is 0.240. The summed E-state index contributed by atoms with van der Waals surface area (Å²) in [7, 11) is 2.00. The van der Waals surface area contributed by atoms with E-state index < -0.39 is 0 Å². The first-order valence-corrected chi connectivity index (χ1v) is 15.2. The van der Waals surface area contributed by atoms with Crippen molar-refractivity contribution in [3.63, 3.8) is 0 Å². The third-order valence-electron chi connectivity index (χ3n) is 7.83. The molecule has 40 heavy (non-hydrogen) atoms. The Morgan fingerprint density at radius 2 is 1.75 bits per heavy atom. The monoisotopic (exact) mass is 556 g/mol. The van der Waals surface area contributed by atoms with Crippen molar-refractivity contribution in [2.45, 2.75) is 50.4 Å². The fourth-order valence-corrected chi connectivity index (χ4v) is 6.50. The fourth-order valence-electron chi connectivity index (χ4n) is 5.48. The topological polar surface area (TPSA) is 77.4 Å². The molecule has 1 unspecified atom stereocenters. The molecule has 7 nitrogen and oxygen atoms in total. The van der Waals surface area contributed by atoms with E-state index in [1.807, 2.05) is 78.0 Å². The van der Waals surface area contributed by atoms with Crippen LogP contribution >= 0.6 is 11.8 Å². The zero-order chi connectivity index (χ0) is 27.3. The summed E-state index contributed by atoms with van der Waals surface area (Å²) in [6.45, 7) is 1.46. The van der Waals surface area contributed by atoms with Crippen LogP contribution in [-0.2, 0) is 24.9 Å². The van der Waals surface area contributed by atoms with Crippen LogP contribution in [0.1, 0.15) is 43.5 Å². The van der Waals surface area contributed by atoms with Crippen molar-refractivity contribution in [3.8, 4) is 17.2 Å². The second-order valence-electron chi connectivity index (χ2n) is 10.7. The van der Waals surface area contributed by atoms with Crippen LogP contribution in [-0.4, -0.2) is 33.1 Å². The van der Waals surface area contributed by atoms with Crippen molar-refractivity contribution in [1.82, 2.24) is 14.9 Å². The Hall–Kier alpha value is -3.49. The summed E-state index contributed by atoms with van der Waals surface area (Å²) >= 11 is 1.98. The number of hydrogen-bond acceptors (Lipinski definition) is 6. The van der Waals surface area contributed by atoms with E-state index in [1.54, 1.807) is 0 Å². The second-order valence-corrected chi connectivity index (χ2v) is 12.0. The second kappa shape index (κ2) is 12.4. The number of anilines is 1. The van der Waals surface area contributed by atoms with Crippen molar-refractivity contribution in [2.75, 3.05) is 17.7 Å². The van der Waals surface area contributed by atoms with Gasteiger partial charge >= 0.3 is 0 Å². The van der Waals surface area contributed by atoms with Gasteiger partial charge < -0.3 is 24.7 Å². The minimum absolute atomic E-state index is 0.128. The van der Waals surface area contributed by atoms with Gasteiger partial charge in [-0.1, -0.05) is 31.4 Å². The lowest BCUT2D eigenvalue weighted by Gasteiger charge is -2.20. The van der Waals surface area contributed by atoms with Crippen molar-refractivity contribution in [3.05, 3.63) is 78.1 Å². The minimum atomic E-state index is 0.128. The number of benzene rings is 3. The summed E-state index contributed by atoms with van der Waals surface area (Å²) in [6.07, 6.45) is 6.58. The van der Waals surface area contributed by atoms with Crippen LogP contribution in [0.25, 0.3) is 11.0 Å². The number of rotatable bonds is 9. The molecule has 1 atom stereocenters. The van der Waals surface area contributed by atoms with Gasteiger partial charge in [-0.05, 0) is 73.4 Å².